The maximum absolute atomic E-state index is 13.1. The summed E-state index contributed by atoms with van der Waals surface area (Å²) in [6.45, 7) is 3.85. The Morgan fingerprint density at radius 3 is 2.74 bits per heavy atom. The minimum atomic E-state index is -0.534. The van der Waals surface area contributed by atoms with Crippen molar-refractivity contribution in [3.8, 4) is 28.1 Å². The van der Waals surface area contributed by atoms with Gasteiger partial charge in [-0.1, -0.05) is 17.7 Å². The van der Waals surface area contributed by atoms with Gasteiger partial charge in [0.2, 0.25) is 5.69 Å². The van der Waals surface area contributed by atoms with Crippen molar-refractivity contribution in [3.63, 3.8) is 0 Å². The first-order valence-electron chi connectivity index (χ1n) is 11.6. The number of hydrogen-bond donors (Lipinski definition) is 2. The van der Waals surface area contributed by atoms with Crippen LogP contribution in [-0.4, -0.2) is 43.4 Å². The molecule has 2 N–H and O–H groups in total. The molecule has 12 heteroatoms. The van der Waals surface area contributed by atoms with Crippen LogP contribution in [0.3, 0.4) is 0 Å². The third-order valence-electron chi connectivity index (χ3n) is 6.21. The number of ether oxygens (including phenoxy) is 1. The van der Waals surface area contributed by atoms with Crippen molar-refractivity contribution in [1.29, 1.82) is 0 Å². The Labute approximate surface area is 222 Å². The van der Waals surface area contributed by atoms with E-state index in [1.54, 1.807) is 36.5 Å². The highest BCUT2D eigenvalue weighted by Crippen LogP contribution is 2.31. The molecule has 0 fully saturated rings. The van der Waals surface area contributed by atoms with Crippen LogP contribution in [0.2, 0.25) is 5.02 Å². The van der Waals surface area contributed by atoms with Gasteiger partial charge in [-0.2, -0.15) is 9.41 Å². The number of carbonyl (C=O) groups is 1. The van der Waals surface area contributed by atoms with Gasteiger partial charge in [-0.15, -0.1) is 5.10 Å². The molecule has 0 aliphatic rings. The van der Waals surface area contributed by atoms with E-state index in [2.05, 4.69) is 35.5 Å². The molecule has 0 aliphatic carbocycles. The molecule has 38 heavy (non-hydrogen) atoms. The van der Waals surface area contributed by atoms with Crippen LogP contribution in [0.25, 0.3) is 28.1 Å². The predicted octanol–water partition coefficient (Wildman–Crippen LogP) is 4.64. The fraction of sp³-hybridized carbons (Fsp3) is 0.154. The number of carbonyl (C=O) groups excluding carboxylic acids is 1. The molecule has 1 amide bonds. The molecule has 3 heterocycles. The summed E-state index contributed by atoms with van der Waals surface area (Å²) < 4.78 is 7.00. The molecular formula is C26H23ClN8O3. The largest absolute Gasteiger partial charge is 0.618 e. The monoisotopic (exact) mass is 530 g/mol. The second-order valence-electron chi connectivity index (χ2n) is 8.63. The van der Waals surface area contributed by atoms with Gasteiger partial charge >= 0.3 is 6.09 Å². The summed E-state index contributed by atoms with van der Waals surface area (Å²) in [5.74, 6) is 0.333. The number of aromatic nitrogens is 7. The molecule has 0 radical (unpaired) electrons. The number of tetrazole rings is 1. The van der Waals surface area contributed by atoms with Crippen LogP contribution in [0.1, 0.15) is 29.9 Å². The Morgan fingerprint density at radius 2 is 2.03 bits per heavy atom. The molecule has 11 nitrogen and oxygen atoms in total. The van der Waals surface area contributed by atoms with Crippen LogP contribution < -0.4 is 10.0 Å². The molecule has 0 bridgehead atoms. The maximum atomic E-state index is 13.1. The number of pyridine rings is 1. The van der Waals surface area contributed by atoms with Gasteiger partial charge in [0.05, 0.1) is 24.7 Å². The van der Waals surface area contributed by atoms with Crippen molar-refractivity contribution in [3.05, 3.63) is 94.6 Å². The van der Waals surface area contributed by atoms with E-state index in [-0.39, 0.29) is 5.92 Å². The van der Waals surface area contributed by atoms with E-state index >= 15 is 0 Å². The molecule has 0 unspecified atom stereocenters. The highest BCUT2D eigenvalue weighted by molar-refractivity contribution is 6.31. The molecule has 192 valence electrons. The quantitative estimate of drug-likeness (QED) is 0.241. The van der Waals surface area contributed by atoms with Gasteiger partial charge in [0.15, 0.2) is 6.20 Å². The zero-order valence-corrected chi connectivity index (χ0v) is 21.5. The van der Waals surface area contributed by atoms with Crippen LogP contribution in [0, 0.1) is 12.1 Å². The summed E-state index contributed by atoms with van der Waals surface area (Å²) in [5, 5.41) is 27.7. The van der Waals surface area contributed by atoms with Crippen LogP contribution in [0.5, 0.6) is 0 Å². The molecule has 0 saturated carbocycles. The second kappa shape index (κ2) is 10.3. The van der Waals surface area contributed by atoms with Crippen molar-refractivity contribution < 1.29 is 14.3 Å². The smallest absolute Gasteiger partial charge is 0.411 e. The summed E-state index contributed by atoms with van der Waals surface area (Å²) >= 11 is 6.25. The number of halogens is 1. The minimum absolute atomic E-state index is 0.311. The molecule has 0 aliphatic heterocycles. The molecular weight excluding hydrogens is 508 g/mol. The van der Waals surface area contributed by atoms with Gasteiger partial charge in [0.25, 0.3) is 0 Å². The van der Waals surface area contributed by atoms with Crippen LogP contribution >= 0.6 is 11.6 Å². The average molecular weight is 531 g/mol. The summed E-state index contributed by atoms with van der Waals surface area (Å²) in [6, 6.07) is 14.5. The fourth-order valence-electron chi connectivity index (χ4n) is 4.24. The fourth-order valence-corrected chi connectivity index (χ4v) is 4.42. The highest BCUT2D eigenvalue weighted by Gasteiger charge is 2.22. The Hall–Kier alpha value is -4.77. The van der Waals surface area contributed by atoms with Crippen LogP contribution in [0.15, 0.2) is 67.3 Å². The second-order valence-corrected chi connectivity index (χ2v) is 9.07. The first-order chi connectivity index (χ1) is 18.3. The lowest BCUT2D eigenvalue weighted by atomic mass is 10.0. The van der Waals surface area contributed by atoms with Gasteiger partial charge < -0.3 is 14.9 Å². The molecule has 5 rings (SSSR count). The van der Waals surface area contributed by atoms with E-state index in [1.165, 1.54) is 24.3 Å². The standard InChI is InChI=1S/C26H23ClN8O3/c1-15-10-19(30-26(36)38-3)6-7-20(15)22-12-28-25(31-22)16(2)23-8-4-17(13-35(23)37)21-11-18(27)5-9-24(21)34-14-29-32-33-34/h4-14,16H,1-3H3,(H,28,31)(H,30,36)/t16-/m1/s1. The maximum Gasteiger partial charge on any atom is 0.411 e. The van der Waals surface area contributed by atoms with Crippen LogP contribution in [-0.2, 0) is 4.74 Å². The highest BCUT2D eigenvalue weighted by atomic mass is 35.5. The lowest BCUT2D eigenvalue weighted by Crippen LogP contribution is -2.33. The topological polar surface area (TPSA) is 138 Å². The zero-order valence-electron chi connectivity index (χ0n) is 20.7. The number of benzene rings is 2. The summed E-state index contributed by atoms with van der Waals surface area (Å²) in [5.41, 5.74) is 5.89. The number of methoxy groups -OCH3 is 1. The van der Waals surface area contributed by atoms with Crippen molar-refractivity contribution in [2.24, 2.45) is 0 Å². The average Bonchev–Trinajstić information content (AvgIpc) is 3.61. The zero-order chi connectivity index (χ0) is 26.8. The van der Waals surface area contributed by atoms with Crippen molar-refractivity contribution >= 4 is 23.4 Å². The van der Waals surface area contributed by atoms with Crippen molar-refractivity contribution in [2.75, 3.05) is 12.4 Å². The predicted molar refractivity (Wildman–Crippen MR) is 141 cm³/mol. The molecule has 0 spiro atoms. The number of amides is 1. The third-order valence-corrected chi connectivity index (χ3v) is 6.44. The Balaban J connectivity index is 1.41. The third kappa shape index (κ3) is 4.91. The van der Waals surface area contributed by atoms with Gasteiger partial charge in [0, 0.05) is 33.5 Å². The van der Waals surface area contributed by atoms with E-state index in [4.69, 9.17) is 11.6 Å². The van der Waals surface area contributed by atoms with Gasteiger partial charge in [-0.05, 0) is 66.2 Å². The van der Waals surface area contributed by atoms with Gasteiger partial charge in [0.1, 0.15) is 18.1 Å². The van der Waals surface area contributed by atoms with E-state index in [1.807, 2.05) is 32.0 Å². The number of hydrogen-bond acceptors (Lipinski definition) is 7. The number of imidazole rings is 1. The first kappa shape index (κ1) is 24.9. The minimum Gasteiger partial charge on any atom is -0.618 e. The Morgan fingerprint density at radius 1 is 1.18 bits per heavy atom. The number of H-pyrrole nitrogens is 1. The Bertz CT molecular complexity index is 1620. The van der Waals surface area contributed by atoms with Gasteiger partial charge in [-0.3, -0.25) is 5.32 Å². The summed E-state index contributed by atoms with van der Waals surface area (Å²) in [6.07, 6.45) is 4.18. The molecule has 5 aromatic rings. The van der Waals surface area contributed by atoms with Crippen molar-refractivity contribution in [2.45, 2.75) is 19.8 Å². The lowest BCUT2D eigenvalue weighted by molar-refractivity contribution is -0.614. The van der Waals surface area contributed by atoms with E-state index in [0.29, 0.717) is 33.5 Å². The van der Waals surface area contributed by atoms with Gasteiger partial charge in [-0.25, -0.2) is 9.78 Å². The van der Waals surface area contributed by atoms with Crippen LogP contribution in [0.4, 0.5) is 10.5 Å². The first-order valence-corrected chi connectivity index (χ1v) is 12.0. The van der Waals surface area contributed by atoms with E-state index in [9.17, 15) is 10.0 Å². The van der Waals surface area contributed by atoms with E-state index in [0.717, 1.165) is 27.1 Å². The number of nitrogens with zero attached hydrogens (tertiary/aromatic N) is 6. The molecule has 2 aromatic carbocycles. The normalized spacial score (nSPS) is 11.8. The summed E-state index contributed by atoms with van der Waals surface area (Å²) in [7, 11) is 1.31. The lowest BCUT2D eigenvalue weighted by Gasteiger charge is -2.13. The Kier molecular flexibility index (Phi) is 6.75. The molecule has 0 saturated heterocycles. The molecule has 3 aromatic heterocycles. The number of aryl methyl sites for hydroxylation is 1. The number of nitrogens with one attached hydrogen (secondary N) is 2. The number of aromatic amines is 1. The SMILES string of the molecule is COC(=O)Nc1ccc(-c2cnc([C@H](C)c3ccc(-c4cc(Cl)ccc4-n4cnnn4)c[n+]3[O-])[nH]2)c(C)c1. The summed E-state index contributed by atoms with van der Waals surface area (Å²) in [4.78, 5) is 19.3. The number of anilines is 1. The van der Waals surface area contributed by atoms with Crippen molar-refractivity contribution in [1.82, 2.24) is 30.2 Å². The molecule has 1 atom stereocenters. The van der Waals surface area contributed by atoms with E-state index < -0.39 is 6.09 Å². The number of rotatable bonds is 6.